The van der Waals surface area contributed by atoms with Crippen molar-refractivity contribution in [3.05, 3.63) is 0 Å². The van der Waals surface area contributed by atoms with Gasteiger partial charge in [-0.1, -0.05) is 0 Å². The summed E-state index contributed by atoms with van der Waals surface area (Å²) in [6.45, 7) is 0. The van der Waals surface area contributed by atoms with Gasteiger partial charge < -0.3 is 0 Å². The first-order chi connectivity index (χ1) is 2.27. The van der Waals surface area contributed by atoms with Gasteiger partial charge in [-0.15, -0.1) is 0 Å². The molecular weight excluding hydrogens is 147 g/mol. The van der Waals surface area contributed by atoms with Crippen molar-refractivity contribution in [1.29, 1.82) is 0 Å². The number of hydrogen-bond donors (Lipinski definition) is 1. The third-order valence-corrected chi connectivity index (χ3v) is 2.36. The van der Waals surface area contributed by atoms with Crippen LogP contribution in [0.25, 0.3) is 0 Å². The average molecular weight is 151 g/mol. The zero-order valence-electron chi connectivity index (χ0n) is 2.56. The van der Waals surface area contributed by atoms with E-state index in [1.165, 1.54) is 0 Å². The molecule has 1 N–H and O–H groups in total. The molecule has 0 aromatic heterocycles. The first kappa shape index (κ1) is 5.25. The maximum atomic E-state index is 9.43. The van der Waals surface area contributed by atoms with E-state index in [0.717, 1.165) is 0 Å². The molecule has 2 nitrogen and oxygen atoms in total. The molecule has 0 rings (SSSR count). The van der Waals surface area contributed by atoms with Gasteiger partial charge in [-0.2, -0.15) is 0 Å². The van der Waals surface area contributed by atoms with Gasteiger partial charge in [0.1, 0.15) is 0 Å². The summed E-state index contributed by atoms with van der Waals surface area (Å²) >= 11 is -0.611. The molecule has 0 heterocycles. The normalized spacial score (nSPS) is 9.80. The van der Waals surface area contributed by atoms with Gasteiger partial charge in [0, 0.05) is 0 Å². The molecule has 4 heteroatoms. The van der Waals surface area contributed by atoms with E-state index in [0.29, 0.717) is 0 Å². The van der Waals surface area contributed by atoms with Crippen molar-refractivity contribution in [2.75, 3.05) is 0 Å². The quantitative estimate of drug-likeness (QED) is 0.470. The molecule has 0 fully saturated rings. The number of carboxylic acid groups (broad SMARTS) is 1. The third kappa shape index (κ3) is 4.25. The van der Waals surface area contributed by atoms with E-state index in [9.17, 15) is 4.79 Å². The molecule has 5 heavy (non-hydrogen) atoms. The minimum atomic E-state index is -0.611. The van der Waals surface area contributed by atoms with E-state index in [2.05, 4.69) is 0 Å². The van der Waals surface area contributed by atoms with Crippen LogP contribution in [0.2, 0.25) is 0 Å². The van der Waals surface area contributed by atoms with Crippen molar-refractivity contribution in [2.45, 2.75) is 0 Å². The summed E-state index contributed by atoms with van der Waals surface area (Å²) < 4.78 is -0.608. The van der Waals surface area contributed by atoms with Crippen LogP contribution in [0.5, 0.6) is 0 Å². The molecule has 0 aliphatic carbocycles. The van der Waals surface area contributed by atoms with Crippen molar-refractivity contribution >= 4 is 28.6 Å². The third-order valence-electron chi connectivity index (χ3n) is 0.151. The van der Waals surface area contributed by atoms with E-state index in [-0.39, 0.29) is 0 Å². The molecule has 0 aliphatic heterocycles. The Kier molecular flexibility index (Phi) is 2.60. The summed E-state index contributed by atoms with van der Waals surface area (Å²) in [4.78, 5) is 9.43. The fourth-order valence-electron chi connectivity index (χ4n) is 0. The molecule has 1 unspecified atom stereocenters. The molecule has 0 spiro atoms. The van der Waals surface area contributed by atoms with Crippen LogP contribution >= 0.6 is 0 Å². The van der Waals surface area contributed by atoms with Crippen molar-refractivity contribution < 1.29 is 9.90 Å². The zero-order chi connectivity index (χ0) is 4.28. The fraction of sp³-hybridized carbons (Fsp3) is 0. The van der Waals surface area contributed by atoms with E-state index >= 15 is 0 Å². The van der Waals surface area contributed by atoms with Crippen LogP contribution in [0, 0.1) is 0 Å². The molecular formula is CH4AsO2Si. The van der Waals surface area contributed by atoms with Crippen molar-refractivity contribution in [2.24, 2.45) is 0 Å². The maximum absolute atomic E-state index is 9.43. The second-order valence-corrected chi connectivity index (χ2v) is 3.96. The van der Waals surface area contributed by atoms with Gasteiger partial charge >= 0.3 is 38.5 Å². The zero-order valence-corrected chi connectivity index (χ0v) is 6.07. The second-order valence-electron chi connectivity index (χ2n) is 0.482. The van der Waals surface area contributed by atoms with Gasteiger partial charge in [-0.25, -0.2) is 0 Å². The molecule has 0 aromatic rings. The summed E-state index contributed by atoms with van der Waals surface area (Å²) in [6.07, 6.45) is 0. The number of rotatable bonds is 1. The van der Waals surface area contributed by atoms with Gasteiger partial charge in [0.2, 0.25) is 0 Å². The Bertz CT molecular complexity index is 44.9. The molecule has 0 aliphatic rings. The Labute approximate surface area is 39.1 Å². The summed E-state index contributed by atoms with van der Waals surface area (Å²) in [7, 11) is 1.56. The van der Waals surface area contributed by atoms with Crippen LogP contribution < -0.4 is 0 Å². The summed E-state index contributed by atoms with van der Waals surface area (Å²) in [5.74, 6) is 0. The Morgan fingerprint density at radius 3 is 2.20 bits per heavy atom. The fourth-order valence-corrected chi connectivity index (χ4v) is 0. The molecule has 0 saturated carbocycles. The predicted molar refractivity (Wildman–Crippen MR) is 23.7 cm³/mol. The molecule has 1 atom stereocenters. The van der Waals surface area contributed by atoms with Gasteiger partial charge in [0.15, 0.2) is 0 Å². The topological polar surface area (TPSA) is 37.3 Å². The summed E-state index contributed by atoms with van der Waals surface area (Å²) in [5, 5.41) is 7.78. The average Bonchev–Trinajstić information content (AvgIpc) is 1.38. The van der Waals surface area contributed by atoms with E-state index < -0.39 is 19.8 Å². The van der Waals surface area contributed by atoms with E-state index in [1.54, 1.807) is 8.71 Å². The van der Waals surface area contributed by atoms with Gasteiger partial charge in [0.05, 0.1) is 0 Å². The Morgan fingerprint density at radius 2 is 2.20 bits per heavy atom. The van der Waals surface area contributed by atoms with Crippen LogP contribution in [0.15, 0.2) is 0 Å². The van der Waals surface area contributed by atoms with E-state index in [1.807, 2.05) is 0 Å². The van der Waals surface area contributed by atoms with Crippen molar-refractivity contribution in [3.63, 3.8) is 0 Å². The van der Waals surface area contributed by atoms with Gasteiger partial charge in [-0.05, 0) is 0 Å². The van der Waals surface area contributed by atoms with Crippen LogP contribution in [0.1, 0.15) is 0 Å². The van der Waals surface area contributed by atoms with Crippen molar-refractivity contribution in [1.82, 2.24) is 0 Å². The van der Waals surface area contributed by atoms with Crippen molar-refractivity contribution in [3.8, 4) is 0 Å². The van der Waals surface area contributed by atoms with Gasteiger partial charge in [0.25, 0.3) is 0 Å². The van der Waals surface area contributed by atoms with Crippen LogP contribution in [-0.4, -0.2) is 33.7 Å². The molecule has 0 aromatic carbocycles. The molecule has 29 valence electrons. The first-order valence-corrected chi connectivity index (χ1v) is 7.24. The summed E-state index contributed by atoms with van der Waals surface area (Å²) in [6, 6.07) is 0. The number of carbonyl (C=O) groups is 1. The van der Waals surface area contributed by atoms with Gasteiger partial charge in [-0.3, -0.25) is 0 Å². The first-order valence-electron chi connectivity index (χ1n) is 1.03. The molecule has 0 amide bonds. The van der Waals surface area contributed by atoms with E-state index in [4.69, 9.17) is 5.11 Å². The van der Waals surface area contributed by atoms with Crippen LogP contribution in [0.4, 0.5) is 4.79 Å². The van der Waals surface area contributed by atoms with Crippen LogP contribution in [-0.2, 0) is 0 Å². The molecule has 1 radical (unpaired) electrons. The van der Waals surface area contributed by atoms with Crippen LogP contribution in [0.3, 0.4) is 0 Å². The second kappa shape index (κ2) is 2.48. The molecule has 0 bridgehead atoms. The minimum absolute atomic E-state index is 0.608. The standard InChI is InChI=1S/CH4AsO2Si/c3-1(4)2-5/h2H,5H2,(H,3,4). The monoisotopic (exact) mass is 151 g/mol. The molecule has 0 saturated heterocycles. The predicted octanol–water partition coefficient (Wildman–Crippen LogP) is -1.35. The summed E-state index contributed by atoms with van der Waals surface area (Å²) in [5.41, 5.74) is 0. The Hall–Kier alpha value is 0.245. The number of hydrogen-bond acceptors (Lipinski definition) is 1. The Morgan fingerprint density at radius 1 is 2.00 bits per heavy atom. The Balaban J connectivity index is 2.85. The SMILES string of the molecule is O=C(O)[AsH][SiH2].